The lowest BCUT2D eigenvalue weighted by Crippen LogP contribution is -2.34. The van der Waals surface area contributed by atoms with Gasteiger partial charge in [0.2, 0.25) is 0 Å². The third-order valence-electron chi connectivity index (χ3n) is 24.8. The van der Waals surface area contributed by atoms with Gasteiger partial charge in [0.1, 0.15) is 31.3 Å². The summed E-state index contributed by atoms with van der Waals surface area (Å²) in [5.41, 5.74) is 7.89. The van der Waals surface area contributed by atoms with Gasteiger partial charge in [0.15, 0.2) is 72.2 Å². The van der Waals surface area contributed by atoms with Crippen LogP contribution in [0.3, 0.4) is 0 Å². The third kappa shape index (κ3) is 33.3. The van der Waals surface area contributed by atoms with Crippen molar-refractivity contribution in [2.45, 2.75) is 465 Å². The van der Waals surface area contributed by atoms with Gasteiger partial charge in [-0.2, -0.15) is 0 Å². The van der Waals surface area contributed by atoms with Gasteiger partial charge in [-0.05, 0) is 31.7 Å². The van der Waals surface area contributed by atoms with Gasteiger partial charge in [-0.3, -0.25) is 0 Å². The SMILES string of the molecule is CCCCCCCCCCCCCCCCCCn1ccc2c3nc(c-2c1)N=C1N=C(N=C2N=C(N=C4N=C(N3)c3c[n+](CCCCCCCCCCCCCCCCCC)ccc34)c3c[n+](CCCCCCCCCCCCCCCCCC)ccc32)c2c[n+](CCCCCCCCCCCCCCCCCC)ccc21. The molecule has 6 aliphatic heterocycles. The highest BCUT2D eigenvalue weighted by molar-refractivity contribution is 6.33. The Morgan fingerprint density at radius 2 is 0.509 bits per heavy atom. The number of aliphatic imine (C=N–C) groups is 6. The molecule has 0 unspecified atom stereocenters. The van der Waals surface area contributed by atoms with Crippen molar-refractivity contribution in [3.8, 4) is 11.1 Å². The number of aryl methyl sites for hydroxylation is 4. The molecular formula is C100H161N12+3. The van der Waals surface area contributed by atoms with Gasteiger partial charge >= 0.3 is 0 Å². The molecule has 0 aliphatic carbocycles. The van der Waals surface area contributed by atoms with Crippen LogP contribution in [0.2, 0.25) is 0 Å². The topological polar surface area (TPSA) is 116 Å². The Hall–Kier alpha value is -6.04. The van der Waals surface area contributed by atoms with Gasteiger partial charge in [-0.1, -0.05) is 394 Å². The van der Waals surface area contributed by atoms with E-state index in [9.17, 15) is 0 Å². The molecule has 3 aromatic heterocycles. The molecule has 0 aromatic carbocycles. The molecule has 9 heterocycles. The fourth-order valence-corrected chi connectivity index (χ4v) is 17.6. The highest BCUT2D eigenvalue weighted by atomic mass is 15.2. The van der Waals surface area contributed by atoms with Crippen molar-refractivity contribution >= 4 is 46.6 Å². The second-order valence-corrected chi connectivity index (χ2v) is 34.8. The predicted molar refractivity (Wildman–Crippen MR) is 479 cm³/mol. The first-order valence-electron chi connectivity index (χ1n) is 48.4. The van der Waals surface area contributed by atoms with Gasteiger partial charge < -0.3 is 9.88 Å². The molecule has 0 amide bonds. The molecular weight excluding hydrogens is 1370 g/mol. The van der Waals surface area contributed by atoms with Gasteiger partial charge in [-0.25, -0.2) is 48.6 Å². The van der Waals surface area contributed by atoms with E-state index in [1.165, 1.54) is 385 Å². The highest BCUT2D eigenvalue weighted by Crippen LogP contribution is 2.41. The van der Waals surface area contributed by atoms with Crippen LogP contribution in [0.5, 0.6) is 0 Å². The van der Waals surface area contributed by atoms with Crippen LogP contribution in [0.15, 0.2) is 104 Å². The Labute approximate surface area is 684 Å². The molecule has 3 aromatic rings. The number of rotatable bonds is 68. The summed E-state index contributed by atoms with van der Waals surface area (Å²) in [6.07, 6.45) is 105. The van der Waals surface area contributed by atoms with Crippen LogP contribution in [0.1, 0.15) is 472 Å². The number of nitrogens with one attached hydrogen (secondary N) is 1. The summed E-state index contributed by atoms with van der Waals surface area (Å²) in [6, 6.07) is 8.91. The van der Waals surface area contributed by atoms with Crippen LogP contribution >= 0.6 is 0 Å². The van der Waals surface area contributed by atoms with E-state index in [0.717, 1.165) is 108 Å². The van der Waals surface area contributed by atoms with E-state index in [0.29, 0.717) is 35.0 Å². The number of anilines is 1. The molecule has 0 radical (unpaired) electrons. The first-order chi connectivity index (χ1) is 55.5. The van der Waals surface area contributed by atoms with Crippen molar-refractivity contribution in [2.24, 2.45) is 30.0 Å². The summed E-state index contributed by atoms with van der Waals surface area (Å²) in [5.74, 6) is 5.27. The molecule has 0 saturated heterocycles. The maximum Gasteiger partial charge on any atom is 0.180 e. The van der Waals surface area contributed by atoms with Gasteiger partial charge in [0, 0.05) is 84.2 Å². The zero-order chi connectivity index (χ0) is 77.8. The van der Waals surface area contributed by atoms with E-state index in [1.807, 2.05) is 0 Å². The maximum atomic E-state index is 5.54. The normalized spacial score (nSPS) is 13.5. The molecule has 1 N–H and O–H groups in total. The van der Waals surface area contributed by atoms with Crippen molar-refractivity contribution in [1.29, 1.82) is 0 Å². The van der Waals surface area contributed by atoms with Crippen LogP contribution in [0.25, 0.3) is 11.1 Å². The van der Waals surface area contributed by atoms with Crippen molar-refractivity contribution < 1.29 is 13.7 Å². The number of nitrogens with zero attached hydrogens (tertiary/aromatic N) is 11. The van der Waals surface area contributed by atoms with E-state index in [-0.39, 0.29) is 0 Å². The quantitative estimate of drug-likeness (QED) is 0.0308. The molecule has 0 atom stereocenters. The van der Waals surface area contributed by atoms with Crippen LogP contribution < -0.4 is 19.0 Å². The Morgan fingerprint density at radius 1 is 0.250 bits per heavy atom. The van der Waals surface area contributed by atoms with Gasteiger partial charge in [-0.15, -0.1) is 0 Å². The van der Waals surface area contributed by atoms with E-state index in [2.05, 4.69) is 125 Å². The van der Waals surface area contributed by atoms with Crippen molar-refractivity contribution in [3.05, 3.63) is 107 Å². The summed E-state index contributed by atoms with van der Waals surface area (Å²) in [6.45, 7) is 13.0. The minimum Gasteiger partial charge on any atom is -0.353 e. The molecule has 618 valence electrons. The van der Waals surface area contributed by atoms with Crippen LogP contribution in [-0.4, -0.2) is 44.6 Å². The van der Waals surface area contributed by atoms with E-state index in [1.54, 1.807) is 0 Å². The van der Waals surface area contributed by atoms with E-state index < -0.39 is 0 Å². The minimum absolute atomic E-state index is 0.620. The number of fused-ring (bicyclic) bond motifs is 17. The second-order valence-electron chi connectivity index (χ2n) is 34.8. The summed E-state index contributed by atoms with van der Waals surface area (Å²) in [4.78, 5) is 38.4. The summed E-state index contributed by atoms with van der Waals surface area (Å²) >= 11 is 0. The van der Waals surface area contributed by atoms with Crippen molar-refractivity contribution in [2.75, 3.05) is 5.32 Å². The summed E-state index contributed by atoms with van der Waals surface area (Å²) in [7, 11) is 0. The van der Waals surface area contributed by atoms with Crippen LogP contribution in [0.4, 0.5) is 11.6 Å². The molecule has 0 spiro atoms. The Balaban J connectivity index is 0.902. The Kier molecular flexibility index (Phi) is 45.2. The Bertz CT molecular complexity index is 3540. The second kappa shape index (κ2) is 56.3. The third-order valence-corrected chi connectivity index (χ3v) is 24.8. The van der Waals surface area contributed by atoms with E-state index >= 15 is 0 Å². The summed E-state index contributed by atoms with van der Waals surface area (Å²) in [5, 5.41) is 3.86. The lowest BCUT2D eigenvalue weighted by Gasteiger charge is -2.11. The van der Waals surface area contributed by atoms with Crippen molar-refractivity contribution in [3.63, 3.8) is 0 Å². The number of amidine groups is 6. The lowest BCUT2D eigenvalue weighted by molar-refractivity contribution is -0.697. The van der Waals surface area contributed by atoms with Crippen LogP contribution in [-0.2, 0) is 26.2 Å². The highest BCUT2D eigenvalue weighted by Gasteiger charge is 2.34. The molecule has 8 bridgehead atoms. The Morgan fingerprint density at radius 3 is 0.830 bits per heavy atom. The average molecular weight is 1530 g/mol. The fourth-order valence-electron chi connectivity index (χ4n) is 17.6. The summed E-state index contributed by atoms with van der Waals surface area (Å²) < 4.78 is 9.44. The molecule has 12 nitrogen and oxygen atoms in total. The number of aromatic nitrogens is 5. The van der Waals surface area contributed by atoms with Gasteiger partial charge in [0.25, 0.3) is 0 Å². The molecule has 9 rings (SSSR count). The lowest BCUT2D eigenvalue weighted by atomic mass is 10.0. The molecule has 0 fully saturated rings. The number of hydrogen-bond donors (Lipinski definition) is 1. The average Bonchev–Trinajstić information content (AvgIpc) is 1.61. The standard InChI is InChI=1S/C100H161N12/c1-5-9-13-17-21-25-29-33-37-41-45-49-53-57-61-65-73-109-77-69-85-89(81-109)97-101-93(85)106-98-91-83-111(75-67-63-59-55-51-47-43-39-35-31-27-23-19-15-11-7-3)79-71-87(91)95(103-98)108-100-92-84-112(76-68-64-60-56-52-48-44-40-36-32-28-24-20-16-12-8-4)80-72-88(92)96(104-100)107-99-90-82-110(78-70-86(90)94(102-99)105-97)74-66-62-58-54-50-46-42-38-34-30-26-22-18-14-10-6-2/h69-72,77-84H,5-68,73-76H2,1-4H3,(H,101,102,103,104,105,106,107,108)/q+3. The molecule has 112 heavy (non-hydrogen) atoms. The number of unbranched alkanes of at least 4 members (excludes halogenated alkanes) is 60. The molecule has 12 heteroatoms. The molecule has 6 aliphatic rings. The zero-order valence-corrected chi connectivity index (χ0v) is 72.4. The molecule has 0 saturated carbocycles. The maximum absolute atomic E-state index is 5.54. The van der Waals surface area contributed by atoms with Gasteiger partial charge in [0.05, 0.1) is 16.7 Å². The van der Waals surface area contributed by atoms with Crippen molar-refractivity contribution in [1.82, 2.24) is 9.55 Å². The smallest absolute Gasteiger partial charge is 0.180 e. The number of pyridine rings is 4. The predicted octanol–water partition coefficient (Wildman–Crippen LogP) is 28.6. The van der Waals surface area contributed by atoms with E-state index in [4.69, 9.17) is 34.9 Å². The monoisotopic (exact) mass is 1530 g/mol. The minimum atomic E-state index is 0.620. The largest absolute Gasteiger partial charge is 0.353 e. The zero-order valence-electron chi connectivity index (χ0n) is 72.4. The fraction of sp³-hybridized carbons (Fsp3) is 0.720. The first-order valence-corrected chi connectivity index (χ1v) is 48.4. The first kappa shape index (κ1) is 89.9. The van der Waals surface area contributed by atoms with Crippen LogP contribution in [0, 0.1) is 0 Å². The number of hydrogen-bond acceptors (Lipinski definition) is 8.